The van der Waals surface area contributed by atoms with Gasteiger partial charge in [0.05, 0.1) is 13.0 Å². The Kier molecular flexibility index (Phi) is 6.08. The van der Waals surface area contributed by atoms with E-state index >= 15 is 0 Å². The molecule has 0 aliphatic carbocycles. The molecule has 0 N–H and O–H groups in total. The fourth-order valence-corrected chi connectivity index (χ4v) is 1.90. The molecule has 1 aromatic heterocycles. The molecule has 0 aliphatic rings. The lowest BCUT2D eigenvalue weighted by atomic mass is 10.1. The van der Waals surface area contributed by atoms with Gasteiger partial charge in [0.15, 0.2) is 0 Å². The third-order valence-corrected chi connectivity index (χ3v) is 3.02. The molecule has 0 spiro atoms. The highest BCUT2D eigenvalue weighted by Gasteiger charge is 2.20. The van der Waals surface area contributed by atoms with Gasteiger partial charge in [-0.2, -0.15) is 5.10 Å². The van der Waals surface area contributed by atoms with Crippen LogP contribution in [0.2, 0.25) is 0 Å². The molecule has 1 aromatic rings. The van der Waals surface area contributed by atoms with Gasteiger partial charge in [0.2, 0.25) is 0 Å². The maximum absolute atomic E-state index is 12.3. The highest BCUT2D eigenvalue weighted by molar-refractivity contribution is 5.92. The summed E-state index contributed by atoms with van der Waals surface area (Å²) in [6.45, 7) is 4.29. The fourth-order valence-electron chi connectivity index (χ4n) is 1.90. The number of hydrogen-bond donors (Lipinski definition) is 0. The van der Waals surface area contributed by atoms with Crippen molar-refractivity contribution in [3.63, 3.8) is 0 Å². The number of ether oxygens (including phenoxy) is 1. The van der Waals surface area contributed by atoms with E-state index in [0.717, 1.165) is 6.42 Å². The summed E-state index contributed by atoms with van der Waals surface area (Å²) < 4.78 is 5.90. The predicted octanol–water partition coefficient (Wildman–Crippen LogP) is 0.534. The maximum atomic E-state index is 12.3. The van der Waals surface area contributed by atoms with Crippen LogP contribution in [0.4, 0.5) is 0 Å². The van der Waals surface area contributed by atoms with Crippen LogP contribution >= 0.6 is 0 Å². The molecule has 1 heterocycles. The molecule has 116 valence electrons. The number of nitrogens with zero attached hydrogens (tertiary/aromatic N) is 3. The minimum absolute atomic E-state index is 0.183. The van der Waals surface area contributed by atoms with Crippen molar-refractivity contribution >= 4 is 11.9 Å². The highest BCUT2D eigenvalue weighted by Crippen LogP contribution is 2.04. The van der Waals surface area contributed by atoms with E-state index in [1.54, 1.807) is 14.0 Å². The summed E-state index contributed by atoms with van der Waals surface area (Å²) in [6, 6.07) is 2.73. The molecule has 0 saturated heterocycles. The first kappa shape index (κ1) is 16.9. The fraction of sp³-hybridized carbons (Fsp3) is 0.571. The van der Waals surface area contributed by atoms with E-state index in [1.165, 1.54) is 28.8 Å². The van der Waals surface area contributed by atoms with Gasteiger partial charge >= 0.3 is 5.97 Å². The van der Waals surface area contributed by atoms with E-state index in [2.05, 4.69) is 9.84 Å². The molecular weight excluding hydrogens is 274 g/mol. The molecule has 0 saturated carbocycles. The van der Waals surface area contributed by atoms with Crippen LogP contribution in [-0.2, 0) is 16.1 Å². The van der Waals surface area contributed by atoms with Gasteiger partial charge in [0.25, 0.3) is 11.5 Å². The van der Waals surface area contributed by atoms with Crippen molar-refractivity contribution in [3.05, 3.63) is 28.2 Å². The minimum Gasteiger partial charge on any atom is -0.469 e. The average molecular weight is 295 g/mol. The summed E-state index contributed by atoms with van der Waals surface area (Å²) in [5.74, 6) is -1.14. The summed E-state index contributed by atoms with van der Waals surface area (Å²) in [7, 11) is 2.89. The van der Waals surface area contributed by atoms with Gasteiger partial charge in [-0.15, -0.1) is 0 Å². The summed E-state index contributed by atoms with van der Waals surface area (Å²) in [4.78, 5) is 36.6. The van der Waals surface area contributed by atoms with Gasteiger partial charge in [0, 0.05) is 26.2 Å². The zero-order valence-corrected chi connectivity index (χ0v) is 12.8. The van der Waals surface area contributed by atoms with Crippen molar-refractivity contribution in [2.24, 2.45) is 5.92 Å². The molecule has 1 atom stereocenters. The van der Waals surface area contributed by atoms with E-state index in [1.807, 2.05) is 6.92 Å². The van der Waals surface area contributed by atoms with E-state index < -0.39 is 5.92 Å². The second-order valence-corrected chi connectivity index (χ2v) is 4.89. The number of carbonyl (C=O) groups excluding carboxylic acids is 2. The van der Waals surface area contributed by atoms with Crippen LogP contribution in [0.25, 0.3) is 0 Å². The molecule has 0 aliphatic heterocycles. The van der Waals surface area contributed by atoms with Crippen molar-refractivity contribution < 1.29 is 14.3 Å². The normalized spacial score (nSPS) is 11.8. The Balaban J connectivity index is 2.85. The summed E-state index contributed by atoms with van der Waals surface area (Å²) in [6.07, 6.45) is 0.750. The molecule has 0 fully saturated rings. The van der Waals surface area contributed by atoms with Crippen LogP contribution < -0.4 is 5.56 Å². The number of amides is 1. The molecule has 21 heavy (non-hydrogen) atoms. The zero-order chi connectivity index (χ0) is 16.0. The SMILES string of the molecule is CCCn1nc(C(=O)N(C)CC(C)C(=O)OC)ccc1=O. The molecule has 7 nitrogen and oxygen atoms in total. The van der Waals surface area contributed by atoms with Gasteiger partial charge in [-0.25, -0.2) is 4.68 Å². The minimum atomic E-state index is -0.425. The average Bonchev–Trinajstić information content (AvgIpc) is 2.47. The Morgan fingerprint density at radius 1 is 1.43 bits per heavy atom. The molecule has 1 unspecified atom stereocenters. The number of methoxy groups -OCH3 is 1. The predicted molar refractivity (Wildman–Crippen MR) is 76.9 cm³/mol. The Morgan fingerprint density at radius 2 is 2.10 bits per heavy atom. The standard InChI is InChI=1S/C14H21N3O4/c1-5-8-17-12(18)7-6-11(15-17)13(19)16(3)9-10(2)14(20)21-4/h6-7,10H,5,8-9H2,1-4H3. The van der Waals surface area contributed by atoms with Crippen LogP contribution in [0, 0.1) is 5.92 Å². The molecule has 0 radical (unpaired) electrons. The van der Waals surface area contributed by atoms with E-state index in [9.17, 15) is 14.4 Å². The van der Waals surface area contributed by atoms with Gasteiger partial charge in [0.1, 0.15) is 5.69 Å². The molecule has 1 amide bonds. The van der Waals surface area contributed by atoms with Crippen LogP contribution in [0.5, 0.6) is 0 Å². The Labute approximate surface area is 123 Å². The molecule has 0 bridgehead atoms. The zero-order valence-electron chi connectivity index (χ0n) is 12.8. The van der Waals surface area contributed by atoms with Gasteiger partial charge in [-0.1, -0.05) is 13.8 Å². The van der Waals surface area contributed by atoms with Crippen LogP contribution in [0.3, 0.4) is 0 Å². The molecule has 1 rings (SSSR count). The van der Waals surface area contributed by atoms with E-state index in [0.29, 0.717) is 6.54 Å². The van der Waals surface area contributed by atoms with E-state index in [-0.39, 0.29) is 29.7 Å². The number of aromatic nitrogens is 2. The van der Waals surface area contributed by atoms with Gasteiger partial charge < -0.3 is 9.64 Å². The first-order valence-corrected chi connectivity index (χ1v) is 6.82. The quantitative estimate of drug-likeness (QED) is 0.715. The Morgan fingerprint density at radius 3 is 2.67 bits per heavy atom. The topological polar surface area (TPSA) is 81.5 Å². The largest absolute Gasteiger partial charge is 0.469 e. The summed E-state index contributed by atoms with van der Waals surface area (Å²) in [5.41, 5.74) is -0.0541. The Bertz CT molecular complexity index is 568. The number of carbonyl (C=O) groups is 2. The van der Waals surface area contributed by atoms with Crippen LogP contribution in [-0.4, -0.2) is 47.3 Å². The maximum Gasteiger partial charge on any atom is 0.310 e. The lowest BCUT2D eigenvalue weighted by Gasteiger charge is -2.20. The number of aryl methyl sites for hydroxylation is 1. The molecule has 7 heteroatoms. The first-order valence-electron chi connectivity index (χ1n) is 6.82. The second-order valence-electron chi connectivity index (χ2n) is 4.89. The molecule has 0 aromatic carbocycles. The van der Waals surface area contributed by atoms with Crippen molar-refractivity contribution in [2.45, 2.75) is 26.8 Å². The van der Waals surface area contributed by atoms with E-state index in [4.69, 9.17) is 0 Å². The third kappa shape index (κ3) is 4.40. The number of rotatable bonds is 6. The van der Waals surface area contributed by atoms with Crippen LogP contribution in [0.1, 0.15) is 30.8 Å². The summed E-state index contributed by atoms with van der Waals surface area (Å²) >= 11 is 0. The second kappa shape index (κ2) is 7.56. The number of hydrogen-bond acceptors (Lipinski definition) is 5. The Hall–Kier alpha value is -2.18. The monoisotopic (exact) mass is 295 g/mol. The summed E-state index contributed by atoms with van der Waals surface area (Å²) in [5, 5.41) is 4.05. The molecular formula is C14H21N3O4. The lowest BCUT2D eigenvalue weighted by Crippen LogP contribution is -2.36. The van der Waals surface area contributed by atoms with Crippen molar-refractivity contribution in [3.8, 4) is 0 Å². The third-order valence-electron chi connectivity index (χ3n) is 3.02. The number of esters is 1. The van der Waals surface area contributed by atoms with Gasteiger partial charge in [-0.05, 0) is 12.5 Å². The highest BCUT2D eigenvalue weighted by atomic mass is 16.5. The van der Waals surface area contributed by atoms with Crippen molar-refractivity contribution in [1.82, 2.24) is 14.7 Å². The van der Waals surface area contributed by atoms with Crippen molar-refractivity contribution in [1.29, 1.82) is 0 Å². The van der Waals surface area contributed by atoms with Crippen molar-refractivity contribution in [2.75, 3.05) is 20.7 Å². The van der Waals surface area contributed by atoms with Crippen LogP contribution in [0.15, 0.2) is 16.9 Å². The first-order chi connectivity index (χ1) is 9.90. The smallest absolute Gasteiger partial charge is 0.310 e. The van der Waals surface area contributed by atoms with Gasteiger partial charge in [-0.3, -0.25) is 14.4 Å². The lowest BCUT2D eigenvalue weighted by molar-refractivity contribution is -0.145.